The lowest BCUT2D eigenvalue weighted by molar-refractivity contribution is -0.111. The van der Waals surface area contributed by atoms with E-state index in [1.54, 1.807) is 23.3 Å². The van der Waals surface area contributed by atoms with E-state index in [1.165, 1.54) is 6.08 Å². The molecule has 0 saturated carbocycles. The Morgan fingerprint density at radius 2 is 2.00 bits per heavy atom. The van der Waals surface area contributed by atoms with Crippen LogP contribution >= 0.6 is 0 Å². The van der Waals surface area contributed by atoms with Crippen molar-refractivity contribution in [2.45, 2.75) is 0 Å². The summed E-state index contributed by atoms with van der Waals surface area (Å²) in [4.78, 5) is 16.9. The van der Waals surface area contributed by atoms with E-state index >= 15 is 0 Å². The topological polar surface area (TPSA) is 32.7 Å². The zero-order valence-corrected chi connectivity index (χ0v) is 7.03. The molecule has 0 bridgehead atoms. The maximum atomic E-state index is 11.1. The minimum atomic E-state index is -0.0754. The number of ketones is 1. The quantitative estimate of drug-likeness (QED) is 0.517. The van der Waals surface area contributed by atoms with Crippen molar-refractivity contribution in [1.29, 1.82) is 0 Å². The molecule has 3 nitrogen and oxygen atoms in total. The summed E-state index contributed by atoms with van der Waals surface area (Å²) in [5.74, 6) is 0.616. The summed E-state index contributed by atoms with van der Waals surface area (Å²) < 4.78 is 0. The summed E-state index contributed by atoms with van der Waals surface area (Å²) in [5.41, 5.74) is 1.12. The lowest BCUT2D eigenvalue weighted by Crippen LogP contribution is -2.20. The van der Waals surface area contributed by atoms with Crippen molar-refractivity contribution in [1.82, 2.24) is 4.90 Å². The van der Waals surface area contributed by atoms with Crippen LogP contribution in [0.5, 0.6) is 0 Å². The summed E-state index contributed by atoms with van der Waals surface area (Å²) in [6, 6.07) is 0. The average molecular weight is 172 g/mol. The van der Waals surface area contributed by atoms with Gasteiger partial charge in [0.05, 0.1) is 11.4 Å². The van der Waals surface area contributed by atoms with E-state index in [0.29, 0.717) is 17.2 Å². The van der Waals surface area contributed by atoms with Gasteiger partial charge in [0, 0.05) is 12.3 Å². The maximum absolute atomic E-state index is 11.1. The van der Waals surface area contributed by atoms with Crippen LogP contribution < -0.4 is 0 Å². The van der Waals surface area contributed by atoms with Crippen molar-refractivity contribution >= 4 is 11.6 Å². The molecule has 0 aliphatic carbocycles. The fourth-order valence-corrected chi connectivity index (χ4v) is 1.19. The molecule has 0 saturated heterocycles. The molecule has 0 atom stereocenters. The average Bonchev–Trinajstić information content (AvgIpc) is 2.62. The van der Waals surface area contributed by atoms with Gasteiger partial charge in [-0.1, -0.05) is 13.2 Å². The highest BCUT2D eigenvalue weighted by molar-refractivity contribution is 6.12. The van der Waals surface area contributed by atoms with Gasteiger partial charge in [-0.2, -0.15) is 0 Å². The van der Waals surface area contributed by atoms with Crippen molar-refractivity contribution in [3.05, 3.63) is 49.0 Å². The predicted octanol–water partition coefficient (Wildman–Crippen LogP) is 1.38. The van der Waals surface area contributed by atoms with Crippen molar-refractivity contribution in [2.75, 3.05) is 0 Å². The largest absolute Gasteiger partial charge is 0.298 e. The number of carbonyl (C=O) groups is 1. The smallest absolute Gasteiger partial charge is 0.203 e. The van der Waals surface area contributed by atoms with Crippen LogP contribution in [0, 0.1) is 0 Å². The lowest BCUT2D eigenvalue weighted by Gasteiger charge is -2.13. The van der Waals surface area contributed by atoms with Crippen LogP contribution in [0.2, 0.25) is 0 Å². The molecule has 64 valence electrons. The molecule has 0 fully saturated rings. The first kappa shape index (κ1) is 7.73. The molecule has 2 heterocycles. The molecule has 0 spiro atoms. The monoisotopic (exact) mass is 172 g/mol. The molecule has 3 heteroatoms. The zero-order chi connectivity index (χ0) is 9.42. The van der Waals surface area contributed by atoms with Crippen LogP contribution in [0.3, 0.4) is 0 Å². The number of rotatable bonds is 0. The highest BCUT2D eigenvalue weighted by atomic mass is 16.1. The number of carbonyl (C=O) groups excluding carboxylic acids is 1. The standard InChI is InChI=1S/C10H8N2O/c1-7-3-4-10(11-7)12-6-5-9(13)8(12)2/h3-6H,1-2H2. The third kappa shape index (κ3) is 1.14. The Bertz CT molecular complexity index is 399. The fourth-order valence-electron chi connectivity index (χ4n) is 1.19. The molecule has 0 aromatic carbocycles. The second-order valence-corrected chi connectivity index (χ2v) is 2.79. The van der Waals surface area contributed by atoms with Gasteiger partial charge in [0.15, 0.2) is 0 Å². The van der Waals surface area contributed by atoms with Gasteiger partial charge in [0.25, 0.3) is 0 Å². The number of hydrogen-bond donors (Lipinski definition) is 0. The number of hydrogen-bond acceptors (Lipinski definition) is 3. The Balaban J connectivity index is 2.30. The van der Waals surface area contributed by atoms with Crippen LogP contribution in [-0.4, -0.2) is 16.5 Å². The Hall–Kier alpha value is -1.90. The number of allylic oxidation sites excluding steroid dienone is 2. The Kier molecular flexibility index (Phi) is 1.52. The van der Waals surface area contributed by atoms with E-state index in [9.17, 15) is 4.79 Å². The summed E-state index contributed by atoms with van der Waals surface area (Å²) in [5, 5.41) is 0. The molecule has 2 aliphatic rings. The highest BCUT2D eigenvalue weighted by Crippen LogP contribution is 2.18. The van der Waals surface area contributed by atoms with Crippen molar-refractivity contribution < 1.29 is 4.79 Å². The summed E-state index contributed by atoms with van der Waals surface area (Å²) in [7, 11) is 0. The number of aliphatic imine (C=N–C) groups is 1. The lowest BCUT2D eigenvalue weighted by atomic mass is 10.3. The molecule has 0 unspecified atom stereocenters. The van der Waals surface area contributed by atoms with Gasteiger partial charge < -0.3 is 0 Å². The molecule has 2 aliphatic heterocycles. The number of nitrogens with zero attached hydrogens (tertiary/aromatic N) is 2. The molecular formula is C10H8N2O. The van der Waals surface area contributed by atoms with E-state index in [4.69, 9.17) is 0 Å². The van der Waals surface area contributed by atoms with Gasteiger partial charge in [0.1, 0.15) is 5.84 Å². The van der Waals surface area contributed by atoms with E-state index < -0.39 is 0 Å². The summed E-state index contributed by atoms with van der Waals surface area (Å²) >= 11 is 0. The predicted molar refractivity (Wildman–Crippen MR) is 50.8 cm³/mol. The SMILES string of the molecule is C=C1C=CC(N2C=CC(=O)C2=C)=N1. The van der Waals surface area contributed by atoms with E-state index in [-0.39, 0.29) is 5.78 Å². The van der Waals surface area contributed by atoms with Gasteiger partial charge in [-0.3, -0.25) is 9.69 Å². The van der Waals surface area contributed by atoms with Crippen molar-refractivity contribution in [3.63, 3.8) is 0 Å². The Labute approximate surface area is 76.1 Å². The molecule has 0 radical (unpaired) electrons. The van der Waals surface area contributed by atoms with Gasteiger partial charge in [-0.25, -0.2) is 4.99 Å². The van der Waals surface area contributed by atoms with Crippen molar-refractivity contribution in [3.8, 4) is 0 Å². The summed E-state index contributed by atoms with van der Waals surface area (Å²) in [6.45, 7) is 7.34. The fraction of sp³-hybridized carbons (Fsp3) is 0. The first-order valence-corrected chi connectivity index (χ1v) is 3.85. The van der Waals surface area contributed by atoms with Gasteiger partial charge in [-0.15, -0.1) is 0 Å². The Morgan fingerprint density at radius 1 is 1.23 bits per heavy atom. The minimum absolute atomic E-state index is 0.0754. The highest BCUT2D eigenvalue weighted by Gasteiger charge is 2.21. The zero-order valence-electron chi connectivity index (χ0n) is 7.03. The van der Waals surface area contributed by atoms with E-state index in [2.05, 4.69) is 18.2 Å². The molecule has 2 rings (SSSR count). The van der Waals surface area contributed by atoms with Gasteiger partial charge in [-0.05, 0) is 12.2 Å². The minimum Gasteiger partial charge on any atom is -0.298 e. The van der Waals surface area contributed by atoms with Crippen LogP contribution in [0.25, 0.3) is 0 Å². The normalized spacial score (nSPS) is 20.5. The maximum Gasteiger partial charge on any atom is 0.203 e. The van der Waals surface area contributed by atoms with Crippen molar-refractivity contribution in [2.24, 2.45) is 4.99 Å². The first-order chi connectivity index (χ1) is 6.18. The van der Waals surface area contributed by atoms with Crippen LogP contribution in [0.15, 0.2) is 54.0 Å². The molecule has 13 heavy (non-hydrogen) atoms. The molecular weight excluding hydrogens is 164 g/mol. The van der Waals surface area contributed by atoms with Gasteiger partial charge >= 0.3 is 0 Å². The molecule has 0 N–H and O–H groups in total. The molecule has 0 aromatic rings. The molecule has 0 amide bonds. The number of amidine groups is 1. The van der Waals surface area contributed by atoms with Crippen LogP contribution in [0.4, 0.5) is 0 Å². The third-order valence-corrected chi connectivity index (χ3v) is 1.88. The second kappa shape index (κ2) is 2.55. The van der Waals surface area contributed by atoms with Gasteiger partial charge in [0.2, 0.25) is 5.78 Å². The summed E-state index contributed by atoms with van der Waals surface area (Å²) in [6.07, 6.45) is 6.72. The Morgan fingerprint density at radius 3 is 2.46 bits per heavy atom. The van der Waals surface area contributed by atoms with E-state index in [0.717, 1.165) is 0 Å². The third-order valence-electron chi connectivity index (χ3n) is 1.88. The second-order valence-electron chi connectivity index (χ2n) is 2.79. The van der Waals surface area contributed by atoms with E-state index in [1.807, 2.05) is 0 Å². The van der Waals surface area contributed by atoms with Crippen LogP contribution in [-0.2, 0) is 4.79 Å². The van der Waals surface area contributed by atoms with Crippen LogP contribution in [0.1, 0.15) is 0 Å². The molecule has 0 aromatic heterocycles. The first-order valence-electron chi connectivity index (χ1n) is 3.85.